The van der Waals surface area contributed by atoms with Crippen molar-refractivity contribution in [3.8, 4) is 0 Å². The second kappa shape index (κ2) is 4.05. The molecule has 2 nitrogen and oxygen atoms in total. The van der Waals surface area contributed by atoms with Gasteiger partial charge in [0.1, 0.15) is 0 Å². The molecule has 0 saturated carbocycles. The van der Waals surface area contributed by atoms with Crippen LogP contribution in [0, 0.1) is 0 Å². The first-order chi connectivity index (χ1) is 7.18. The van der Waals surface area contributed by atoms with Crippen LogP contribution < -0.4 is 0 Å². The van der Waals surface area contributed by atoms with E-state index in [0.29, 0.717) is 5.92 Å². The van der Waals surface area contributed by atoms with Crippen molar-refractivity contribution in [2.45, 2.75) is 38.0 Å². The summed E-state index contributed by atoms with van der Waals surface area (Å²) in [6.07, 6.45) is 2.38. The predicted molar refractivity (Wildman–Crippen MR) is 59.1 cm³/mol. The molecule has 0 amide bonds. The number of carbonyl (C=O) groups is 1. The SMILES string of the molecule is CC1CCC(CC(=O)O)c2ccccc21. The van der Waals surface area contributed by atoms with Gasteiger partial charge in [-0.2, -0.15) is 0 Å². The van der Waals surface area contributed by atoms with Gasteiger partial charge in [0.05, 0.1) is 6.42 Å². The molecule has 1 aliphatic carbocycles. The van der Waals surface area contributed by atoms with E-state index in [1.165, 1.54) is 11.1 Å². The maximum absolute atomic E-state index is 10.8. The van der Waals surface area contributed by atoms with Crippen molar-refractivity contribution in [2.24, 2.45) is 0 Å². The van der Waals surface area contributed by atoms with Gasteiger partial charge in [-0.3, -0.25) is 4.79 Å². The first-order valence-electron chi connectivity index (χ1n) is 5.49. The number of carboxylic acids is 1. The van der Waals surface area contributed by atoms with Gasteiger partial charge in [0, 0.05) is 0 Å². The summed E-state index contributed by atoms with van der Waals surface area (Å²) >= 11 is 0. The molecule has 1 aromatic rings. The Labute approximate surface area is 89.9 Å². The second-order valence-electron chi connectivity index (χ2n) is 4.40. The Morgan fingerprint density at radius 3 is 2.67 bits per heavy atom. The van der Waals surface area contributed by atoms with Crippen LogP contribution in [0.4, 0.5) is 0 Å². The molecule has 80 valence electrons. The Kier molecular flexibility index (Phi) is 2.76. The topological polar surface area (TPSA) is 37.3 Å². The first-order valence-corrected chi connectivity index (χ1v) is 5.49. The molecule has 2 heteroatoms. The van der Waals surface area contributed by atoms with Crippen molar-refractivity contribution < 1.29 is 9.90 Å². The summed E-state index contributed by atoms with van der Waals surface area (Å²) in [5.41, 5.74) is 2.59. The zero-order chi connectivity index (χ0) is 10.8. The third-order valence-corrected chi connectivity index (χ3v) is 3.34. The highest BCUT2D eigenvalue weighted by Gasteiger charge is 2.25. The summed E-state index contributed by atoms with van der Waals surface area (Å²) < 4.78 is 0. The largest absolute Gasteiger partial charge is 0.481 e. The molecule has 0 radical (unpaired) electrons. The Bertz CT molecular complexity index is 371. The molecule has 2 atom stereocenters. The van der Waals surface area contributed by atoms with Gasteiger partial charge in [-0.15, -0.1) is 0 Å². The molecule has 0 aromatic heterocycles. The van der Waals surface area contributed by atoms with E-state index in [2.05, 4.69) is 19.1 Å². The molecule has 0 heterocycles. The van der Waals surface area contributed by atoms with Crippen LogP contribution in [0.3, 0.4) is 0 Å². The standard InChI is InChI=1S/C13H16O2/c1-9-6-7-10(8-13(14)15)12-5-3-2-4-11(9)12/h2-5,9-10H,6-8H2,1H3,(H,14,15). The van der Waals surface area contributed by atoms with E-state index in [-0.39, 0.29) is 12.3 Å². The number of rotatable bonds is 2. The van der Waals surface area contributed by atoms with Crippen LogP contribution in [0.1, 0.15) is 49.1 Å². The highest BCUT2D eigenvalue weighted by Crippen LogP contribution is 2.39. The van der Waals surface area contributed by atoms with Gasteiger partial charge < -0.3 is 5.11 Å². The Hall–Kier alpha value is -1.31. The van der Waals surface area contributed by atoms with Crippen LogP contribution in [0.15, 0.2) is 24.3 Å². The molecule has 1 aliphatic rings. The van der Waals surface area contributed by atoms with Crippen molar-refractivity contribution in [2.75, 3.05) is 0 Å². The average molecular weight is 204 g/mol. The fraction of sp³-hybridized carbons (Fsp3) is 0.462. The molecular formula is C13H16O2. The molecule has 0 bridgehead atoms. The molecule has 15 heavy (non-hydrogen) atoms. The Balaban J connectivity index is 2.31. The third-order valence-electron chi connectivity index (χ3n) is 3.34. The normalized spacial score (nSPS) is 24.6. The quantitative estimate of drug-likeness (QED) is 0.803. The summed E-state index contributed by atoms with van der Waals surface area (Å²) in [4.78, 5) is 10.8. The predicted octanol–water partition coefficient (Wildman–Crippen LogP) is 3.14. The highest BCUT2D eigenvalue weighted by molar-refractivity contribution is 5.68. The maximum atomic E-state index is 10.8. The minimum absolute atomic E-state index is 0.217. The van der Waals surface area contributed by atoms with Crippen LogP contribution in [-0.4, -0.2) is 11.1 Å². The van der Waals surface area contributed by atoms with Gasteiger partial charge in [0.15, 0.2) is 0 Å². The van der Waals surface area contributed by atoms with Crippen molar-refractivity contribution in [1.29, 1.82) is 0 Å². The van der Waals surface area contributed by atoms with Gasteiger partial charge in [-0.25, -0.2) is 0 Å². The number of fused-ring (bicyclic) bond motifs is 1. The number of hydrogen-bond acceptors (Lipinski definition) is 1. The van der Waals surface area contributed by atoms with E-state index in [1.807, 2.05) is 12.1 Å². The van der Waals surface area contributed by atoms with Crippen molar-refractivity contribution in [3.05, 3.63) is 35.4 Å². The van der Waals surface area contributed by atoms with Crippen LogP contribution in [-0.2, 0) is 4.79 Å². The van der Waals surface area contributed by atoms with Crippen LogP contribution in [0.5, 0.6) is 0 Å². The van der Waals surface area contributed by atoms with Crippen LogP contribution in [0.2, 0.25) is 0 Å². The fourth-order valence-electron chi connectivity index (χ4n) is 2.52. The van der Waals surface area contributed by atoms with Gasteiger partial charge in [-0.1, -0.05) is 31.2 Å². The monoisotopic (exact) mass is 204 g/mol. The van der Waals surface area contributed by atoms with Gasteiger partial charge in [0.2, 0.25) is 0 Å². The lowest BCUT2D eigenvalue weighted by Gasteiger charge is -2.28. The van der Waals surface area contributed by atoms with E-state index in [1.54, 1.807) is 0 Å². The molecule has 0 spiro atoms. The number of aliphatic carboxylic acids is 1. The third kappa shape index (κ3) is 2.04. The van der Waals surface area contributed by atoms with Gasteiger partial charge in [0.25, 0.3) is 0 Å². The van der Waals surface area contributed by atoms with E-state index in [4.69, 9.17) is 5.11 Å². The molecule has 0 fully saturated rings. The van der Waals surface area contributed by atoms with E-state index in [9.17, 15) is 4.79 Å². The van der Waals surface area contributed by atoms with Crippen molar-refractivity contribution >= 4 is 5.97 Å². The van der Waals surface area contributed by atoms with Crippen molar-refractivity contribution in [1.82, 2.24) is 0 Å². The number of carboxylic acid groups (broad SMARTS) is 1. The van der Waals surface area contributed by atoms with Gasteiger partial charge in [-0.05, 0) is 35.8 Å². The summed E-state index contributed by atoms with van der Waals surface area (Å²) in [5.74, 6) is 0.102. The van der Waals surface area contributed by atoms with Crippen LogP contribution in [0.25, 0.3) is 0 Å². The Morgan fingerprint density at radius 2 is 2.00 bits per heavy atom. The zero-order valence-corrected chi connectivity index (χ0v) is 8.94. The molecule has 0 saturated heterocycles. The highest BCUT2D eigenvalue weighted by atomic mass is 16.4. The molecule has 2 rings (SSSR count). The molecule has 2 unspecified atom stereocenters. The minimum atomic E-state index is -0.690. The summed E-state index contributed by atoms with van der Waals surface area (Å²) in [6.45, 7) is 2.22. The maximum Gasteiger partial charge on any atom is 0.303 e. The first kappa shape index (κ1) is 10.2. The summed E-state index contributed by atoms with van der Waals surface area (Å²) in [5, 5.41) is 8.86. The minimum Gasteiger partial charge on any atom is -0.481 e. The van der Waals surface area contributed by atoms with Crippen LogP contribution >= 0.6 is 0 Å². The lowest BCUT2D eigenvalue weighted by atomic mass is 9.76. The lowest BCUT2D eigenvalue weighted by Crippen LogP contribution is -2.15. The number of benzene rings is 1. The average Bonchev–Trinajstić information content (AvgIpc) is 2.22. The van der Waals surface area contributed by atoms with Crippen molar-refractivity contribution in [3.63, 3.8) is 0 Å². The van der Waals surface area contributed by atoms with Gasteiger partial charge >= 0.3 is 5.97 Å². The molecule has 1 aromatic carbocycles. The smallest absolute Gasteiger partial charge is 0.303 e. The van der Waals surface area contributed by atoms with E-state index >= 15 is 0 Å². The summed E-state index contributed by atoms with van der Waals surface area (Å²) in [7, 11) is 0. The summed E-state index contributed by atoms with van der Waals surface area (Å²) in [6, 6.07) is 8.26. The number of hydrogen-bond donors (Lipinski definition) is 1. The molecular weight excluding hydrogens is 188 g/mol. The fourth-order valence-corrected chi connectivity index (χ4v) is 2.52. The second-order valence-corrected chi connectivity index (χ2v) is 4.40. The molecule has 0 aliphatic heterocycles. The van der Waals surface area contributed by atoms with E-state index in [0.717, 1.165) is 12.8 Å². The zero-order valence-electron chi connectivity index (χ0n) is 8.94. The lowest BCUT2D eigenvalue weighted by molar-refractivity contribution is -0.137. The Morgan fingerprint density at radius 1 is 1.33 bits per heavy atom. The van der Waals surface area contributed by atoms with E-state index < -0.39 is 5.97 Å². The molecule has 1 N–H and O–H groups in total.